The lowest BCUT2D eigenvalue weighted by Crippen LogP contribution is -2.64. The Hall–Kier alpha value is -2.23. The van der Waals surface area contributed by atoms with Crippen molar-refractivity contribution in [3.8, 4) is 5.75 Å². The van der Waals surface area contributed by atoms with Crippen molar-refractivity contribution in [2.75, 3.05) is 50.8 Å². The molecular formula is C19H23N5O3S. The van der Waals surface area contributed by atoms with Crippen molar-refractivity contribution < 1.29 is 13.2 Å². The highest BCUT2D eigenvalue weighted by Gasteiger charge is 2.40. The van der Waals surface area contributed by atoms with Gasteiger partial charge in [0.1, 0.15) is 5.75 Å². The van der Waals surface area contributed by atoms with Crippen molar-refractivity contribution in [3.63, 3.8) is 0 Å². The number of hydrogen-bond donors (Lipinski definition) is 0. The Morgan fingerprint density at radius 3 is 2.54 bits per heavy atom. The maximum absolute atomic E-state index is 12.9. The summed E-state index contributed by atoms with van der Waals surface area (Å²) < 4.78 is 32.9. The van der Waals surface area contributed by atoms with Crippen molar-refractivity contribution >= 4 is 16.0 Å². The molecule has 1 aromatic heterocycles. The number of benzene rings is 1. The number of hydrogen-bond acceptors (Lipinski definition) is 7. The molecule has 3 aliphatic heterocycles. The van der Waals surface area contributed by atoms with Crippen molar-refractivity contribution in [2.24, 2.45) is 0 Å². The van der Waals surface area contributed by atoms with E-state index in [-0.39, 0.29) is 6.04 Å². The molecule has 0 bridgehead atoms. The predicted octanol–water partition coefficient (Wildman–Crippen LogP) is 0.607. The van der Waals surface area contributed by atoms with Crippen molar-refractivity contribution in [3.05, 3.63) is 42.2 Å². The van der Waals surface area contributed by atoms with Gasteiger partial charge in [0.05, 0.1) is 11.5 Å². The first kappa shape index (κ1) is 17.8. The summed E-state index contributed by atoms with van der Waals surface area (Å²) in [4.78, 5) is 13.5. The second kappa shape index (κ2) is 6.98. The molecule has 2 saturated heterocycles. The maximum atomic E-state index is 12.9. The first-order valence-corrected chi connectivity index (χ1v) is 11.1. The zero-order valence-electron chi connectivity index (χ0n) is 15.6. The molecule has 0 N–H and O–H groups in total. The van der Waals surface area contributed by atoms with Crippen molar-refractivity contribution in [2.45, 2.75) is 17.4 Å². The van der Waals surface area contributed by atoms with Gasteiger partial charge in [-0.1, -0.05) is 0 Å². The molecule has 0 saturated carbocycles. The summed E-state index contributed by atoms with van der Waals surface area (Å²) in [7, 11) is -3.43. The largest absolute Gasteiger partial charge is 0.493 e. The van der Waals surface area contributed by atoms with Gasteiger partial charge in [-0.3, -0.25) is 4.90 Å². The van der Waals surface area contributed by atoms with Crippen LogP contribution in [0, 0.1) is 0 Å². The van der Waals surface area contributed by atoms with E-state index in [1.54, 1.807) is 34.9 Å². The van der Waals surface area contributed by atoms with Crippen LogP contribution >= 0.6 is 0 Å². The molecule has 0 radical (unpaired) electrons. The highest BCUT2D eigenvalue weighted by Crippen LogP contribution is 2.31. The summed E-state index contributed by atoms with van der Waals surface area (Å²) in [6.07, 6.45) is 4.29. The normalized spacial score (nSPS) is 21.2. The molecule has 1 aromatic carbocycles. The standard InChI is InChI=1S/C19H23N5O3S/c25-28(26,17-2-3-18-15(12-17)4-11-27-18)24-13-16(14-24)22-7-9-23(10-8-22)19-20-5-1-6-21-19/h1-3,5-6,12,16H,4,7-11,13-14H2. The molecule has 4 heterocycles. The number of fused-ring (bicyclic) bond motifs is 1. The Morgan fingerprint density at radius 1 is 1.04 bits per heavy atom. The lowest BCUT2D eigenvalue weighted by molar-refractivity contribution is 0.0825. The quantitative estimate of drug-likeness (QED) is 0.743. The third-order valence-electron chi connectivity index (χ3n) is 5.79. The van der Waals surface area contributed by atoms with E-state index in [0.29, 0.717) is 24.6 Å². The first-order valence-electron chi connectivity index (χ1n) is 9.63. The average Bonchev–Trinajstić information content (AvgIpc) is 3.16. The third-order valence-corrected chi connectivity index (χ3v) is 7.62. The fourth-order valence-corrected chi connectivity index (χ4v) is 5.62. The highest BCUT2D eigenvalue weighted by molar-refractivity contribution is 7.89. The van der Waals surface area contributed by atoms with E-state index in [4.69, 9.17) is 4.74 Å². The Balaban J connectivity index is 1.19. The number of nitrogens with zero attached hydrogens (tertiary/aromatic N) is 5. The van der Waals surface area contributed by atoms with Crippen LogP contribution in [0.4, 0.5) is 5.95 Å². The van der Waals surface area contributed by atoms with Crippen LogP contribution in [-0.4, -0.2) is 79.5 Å². The zero-order valence-corrected chi connectivity index (χ0v) is 16.4. The van der Waals surface area contributed by atoms with Crippen LogP contribution in [0.2, 0.25) is 0 Å². The summed E-state index contributed by atoms with van der Waals surface area (Å²) in [6.45, 7) is 5.25. The fourth-order valence-electron chi connectivity index (χ4n) is 4.06. The lowest BCUT2D eigenvalue weighted by Gasteiger charge is -2.47. The molecule has 0 atom stereocenters. The van der Waals surface area contributed by atoms with E-state index in [0.717, 1.165) is 49.9 Å². The van der Waals surface area contributed by atoms with E-state index >= 15 is 0 Å². The van der Waals surface area contributed by atoms with Crippen LogP contribution in [0.3, 0.4) is 0 Å². The summed E-state index contributed by atoms with van der Waals surface area (Å²) in [5, 5.41) is 0. The van der Waals surface area contributed by atoms with Gasteiger partial charge in [0.25, 0.3) is 0 Å². The van der Waals surface area contributed by atoms with E-state index < -0.39 is 10.0 Å². The Kier molecular flexibility index (Phi) is 4.45. The lowest BCUT2D eigenvalue weighted by atomic mass is 10.1. The van der Waals surface area contributed by atoms with Gasteiger partial charge in [0.15, 0.2) is 0 Å². The van der Waals surface area contributed by atoms with Crippen LogP contribution < -0.4 is 9.64 Å². The van der Waals surface area contributed by atoms with Crippen molar-refractivity contribution in [1.29, 1.82) is 0 Å². The van der Waals surface area contributed by atoms with Crippen LogP contribution in [0.25, 0.3) is 0 Å². The highest BCUT2D eigenvalue weighted by atomic mass is 32.2. The molecular weight excluding hydrogens is 378 g/mol. The summed E-state index contributed by atoms with van der Waals surface area (Å²) in [6, 6.07) is 7.30. The van der Waals surface area contributed by atoms with Crippen LogP contribution in [0.1, 0.15) is 5.56 Å². The molecule has 8 nitrogen and oxygen atoms in total. The van der Waals surface area contributed by atoms with Gasteiger partial charge in [-0.05, 0) is 29.8 Å². The molecule has 5 rings (SSSR count). The minimum Gasteiger partial charge on any atom is -0.493 e. The fraction of sp³-hybridized carbons (Fsp3) is 0.474. The third kappa shape index (κ3) is 3.13. The maximum Gasteiger partial charge on any atom is 0.243 e. The van der Waals surface area contributed by atoms with Gasteiger partial charge < -0.3 is 9.64 Å². The molecule has 2 fully saturated rings. The molecule has 0 spiro atoms. The number of piperazine rings is 1. The topological polar surface area (TPSA) is 78.9 Å². The van der Waals surface area contributed by atoms with Gasteiger partial charge in [0, 0.05) is 64.1 Å². The molecule has 9 heteroatoms. The number of sulfonamides is 1. The summed E-state index contributed by atoms with van der Waals surface area (Å²) >= 11 is 0. The zero-order chi connectivity index (χ0) is 19.1. The number of ether oxygens (including phenoxy) is 1. The minimum atomic E-state index is -3.43. The van der Waals surface area contributed by atoms with Gasteiger partial charge in [-0.15, -0.1) is 0 Å². The Labute approximate surface area is 164 Å². The van der Waals surface area contributed by atoms with E-state index in [2.05, 4.69) is 19.8 Å². The van der Waals surface area contributed by atoms with Crippen LogP contribution in [0.15, 0.2) is 41.6 Å². The molecule has 28 heavy (non-hydrogen) atoms. The molecule has 0 unspecified atom stereocenters. The van der Waals surface area contributed by atoms with Gasteiger partial charge in [-0.25, -0.2) is 18.4 Å². The van der Waals surface area contributed by atoms with Gasteiger partial charge in [0.2, 0.25) is 16.0 Å². The molecule has 2 aromatic rings. The van der Waals surface area contributed by atoms with E-state index in [1.807, 2.05) is 6.07 Å². The predicted molar refractivity (Wildman–Crippen MR) is 104 cm³/mol. The SMILES string of the molecule is O=S(=O)(c1ccc2c(c1)CCO2)N1CC(N2CCN(c3ncccn3)CC2)C1. The van der Waals surface area contributed by atoms with E-state index in [1.165, 1.54) is 0 Å². The summed E-state index contributed by atoms with van der Waals surface area (Å²) in [5.74, 6) is 1.57. The smallest absolute Gasteiger partial charge is 0.243 e. The summed E-state index contributed by atoms with van der Waals surface area (Å²) in [5.41, 5.74) is 0.984. The van der Waals surface area contributed by atoms with Crippen LogP contribution in [0.5, 0.6) is 5.75 Å². The number of anilines is 1. The Bertz CT molecular complexity index is 955. The first-order chi connectivity index (χ1) is 13.6. The average molecular weight is 401 g/mol. The number of rotatable bonds is 4. The molecule has 0 aliphatic carbocycles. The van der Waals surface area contributed by atoms with Gasteiger partial charge >= 0.3 is 0 Å². The van der Waals surface area contributed by atoms with Gasteiger partial charge in [-0.2, -0.15) is 4.31 Å². The monoisotopic (exact) mass is 401 g/mol. The molecule has 3 aliphatic rings. The number of aromatic nitrogens is 2. The molecule has 148 valence electrons. The minimum absolute atomic E-state index is 0.284. The van der Waals surface area contributed by atoms with E-state index in [9.17, 15) is 8.42 Å². The molecule has 0 amide bonds. The van der Waals surface area contributed by atoms with Crippen molar-refractivity contribution in [1.82, 2.24) is 19.2 Å². The van der Waals surface area contributed by atoms with Crippen LogP contribution in [-0.2, 0) is 16.4 Å². The Morgan fingerprint density at radius 2 is 1.79 bits per heavy atom. The second-order valence-corrected chi connectivity index (χ2v) is 9.35. The second-order valence-electron chi connectivity index (χ2n) is 7.42.